The number of carbonyl (C=O) groups is 1. The van der Waals surface area contributed by atoms with Crippen LogP contribution in [0.25, 0.3) is 0 Å². The van der Waals surface area contributed by atoms with Crippen molar-refractivity contribution in [2.45, 2.75) is 32.3 Å². The van der Waals surface area contributed by atoms with Crippen LogP contribution in [0.5, 0.6) is 0 Å². The Labute approximate surface area is 188 Å². The molecule has 2 aromatic rings. The quantitative estimate of drug-likeness (QED) is 0.374. The molecule has 3 rings (SSSR count). The molecule has 1 aromatic carbocycles. The number of anilines is 2. The molecule has 30 heavy (non-hydrogen) atoms. The smallest absolute Gasteiger partial charge is 0.230 e. The molecular weight excluding hydrogens is 418 g/mol. The van der Waals surface area contributed by atoms with E-state index in [4.69, 9.17) is 11.6 Å². The molecule has 1 N–H and O–H groups in total. The second-order valence-electron chi connectivity index (χ2n) is 7.91. The summed E-state index contributed by atoms with van der Waals surface area (Å²) < 4.78 is 0. The van der Waals surface area contributed by atoms with Gasteiger partial charge in [-0.3, -0.25) is 4.79 Å². The normalized spacial score (nSPS) is 14.3. The summed E-state index contributed by atoms with van der Waals surface area (Å²) in [5.41, 5.74) is 2.58. The maximum Gasteiger partial charge on any atom is 0.230 e. The van der Waals surface area contributed by atoms with Crippen LogP contribution in [0, 0.1) is 12.8 Å². The van der Waals surface area contributed by atoms with Crippen LogP contribution in [0.3, 0.4) is 0 Å². The summed E-state index contributed by atoms with van der Waals surface area (Å²) in [6.45, 7) is 10.7. The van der Waals surface area contributed by atoms with Crippen molar-refractivity contribution >= 4 is 40.8 Å². The number of thioether (sulfide) groups is 1. The van der Waals surface area contributed by atoms with Gasteiger partial charge in [-0.1, -0.05) is 55.4 Å². The van der Waals surface area contributed by atoms with Crippen LogP contribution >= 0.6 is 23.4 Å². The maximum atomic E-state index is 12.0. The lowest BCUT2D eigenvalue weighted by Gasteiger charge is -2.37. The van der Waals surface area contributed by atoms with Crippen LogP contribution in [-0.4, -0.2) is 54.4 Å². The molecule has 1 aliphatic heterocycles. The van der Waals surface area contributed by atoms with Gasteiger partial charge in [-0.2, -0.15) is 0 Å². The first kappa shape index (κ1) is 22.7. The van der Waals surface area contributed by atoms with Crippen LogP contribution in [0.15, 0.2) is 35.5 Å². The van der Waals surface area contributed by atoms with Crippen molar-refractivity contribution in [3.63, 3.8) is 0 Å². The Hall–Kier alpha value is -1.99. The van der Waals surface area contributed by atoms with Crippen LogP contribution in [0.2, 0.25) is 5.15 Å². The first-order chi connectivity index (χ1) is 14.4. The van der Waals surface area contributed by atoms with E-state index in [-0.39, 0.29) is 5.91 Å². The molecule has 1 amide bonds. The van der Waals surface area contributed by atoms with Crippen molar-refractivity contribution in [2.24, 2.45) is 5.92 Å². The molecule has 0 unspecified atom stereocenters. The second kappa shape index (κ2) is 10.9. The van der Waals surface area contributed by atoms with Crippen molar-refractivity contribution in [1.82, 2.24) is 15.3 Å². The van der Waals surface area contributed by atoms with Gasteiger partial charge >= 0.3 is 0 Å². The van der Waals surface area contributed by atoms with E-state index in [1.165, 1.54) is 23.0 Å². The third kappa shape index (κ3) is 6.51. The standard InChI is InChI=1S/C22H30ClN5OS/c1-16(2)8-9-24-21(29)15-30-22-25-19(23)14-20(26-22)28-12-10-27(11-13-28)18-7-5-4-6-17(18)3/h4-7,14,16H,8-13,15H2,1-3H3,(H,24,29). The second-order valence-corrected chi connectivity index (χ2v) is 9.24. The Kier molecular flexibility index (Phi) is 8.22. The van der Waals surface area contributed by atoms with Gasteiger partial charge < -0.3 is 15.1 Å². The molecule has 2 heterocycles. The van der Waals surface area contributed by atoms with Gasteiger partial charge in [0.1, 0.15) is 11.0 Å². The summed E-state index contributed by atoms with van der Waals surface area (Å²) >= 11 is 7.57. The van der Waals surface area contributed by atoms with E-state index >= 15 is 0 Å². The number of halogens is 1. The fourth-order valence-corrected chi connectivity index (χ4v) is 4.30. The number of hydrogen-bond acceptors (Lipinski definition) is 6. The Morgan fingerprint density at radius 2 is 1.87 bits per heavy atom. The molecule has 0 bridgehead atoms. The number of nitrogens with zero attached hydrogens (tertiary/aromatic N) is 4. The molecule has 0 spiro atoms. The number of aromatic nitrogens is 2. The Balaban J connectivity index is 1.55. The molecule has 1 aromatic heterocycles. The molecule has 1 aliphatic rings. The Morgan fingerprint density at radius 3 is 2.57 bits per heavy atom. The van der Waals surface area contributed by atoms with Gasteiger partial charge in [0, 0.05) is 44.5 Å². The predicted molar refractivity (Wildman–Crippen MR) is 126 cm³/mol. The van der Waals surface area contributed by atoms with Gasteiger partial charge in [-0.15, -0.1) is 0 Å². The van der Waals surface area contributed by atoms with Crippen LogP contribution < -0.4 is 15.1 Å². The van der Waals surface area contributed by atoms with Crippen LogP contribution in [-0.2, 0) is 4.79 Å². The molecule has 8 heteroatoms. The summed E-state index contributed by atoms with van der Waals surface area (Å²) in [5, 5.41) is 3.88. The molecule has 0 saturated carbocycles. The number of rotatable bonds is 8. The van der Waals surface area contributed by atoms with E-state index in [1.807, 2.05) is 0 Å². The number of amides is 1. The lowest BCUT2D eigenvalue weighted by atomic mass is 10.1. The lowest BCUT2D eigenvalue weighted by molar-refractivity contribution is -0.118. The minimum Gasteiger partial charge on any atom is -0.368 e. The van der Waals surface area contributed by atoms with Crippen molar-refractivity contribution in [2.75, 3.05) is 48.3 Å². The van der Waals surface area contributed by atoms with E-state index < -0.39 is 0 Å². The highest BCUT2D eigenvalue weighted by atomic mass is 35.5. The average Bonchev–Trinajstić information content (AvgIpc) is 2.72. The van der Waals surface area contributed by atoms with E-state index in [1.54, 1.807) is 6.07 Å². The topological polar surface area (TPSA) is 61.4 Å². The number of hydrogen-bond donors (Lipinski definition) is 1. The molecular formula is C22H30ClN5OS. The number of nitrogens with one attached hydrogen (secondary N) is 1. The largest absolute Gasteiger partial charge is 0.368 e. The third-order valence-electron chi connectivity index (χ3n) is 5.10. The van der Waals surface area contributed by atoms with Crippen molar-refractivity contribution < 1.29 is 4.79 Å². The maximum absolute atomic E-state index is 12.0. The number of carbonyl (C=O) groups excluding carboxylic acids is 1. The third-order valence-corrected chi connectivity index (χ3v) is 6.14. The summed E-state index contributed by atoms with van der Waals surface area (Å²) in [4.78, 5) is 25.6. The van der Waals surface area contributed by atoms with E-state index in [0.29, 0.717) is 28.5 Å². The minimum absolute atomic E-state index is 0.00220. The zero-order valence-corrected chi connectivity index (χ0v) is 19.5. The number of aryl methyl sites for hydroxylation is 1. The highest BCUT2D eigenvalue weighted by Crippen LogP contribution is 2.25. The highest BCUT2D eigenvalue weighted by Gasteiger charge is 2.20. The molecule has 0 radical (unpaired) electrons. The predicted octanol–water partition coefficient (Wildman–Crippen LogP) is 4.02. The first-order valence-electron chi connectivity index (χ1n) is 10.4. The van der Waals surface area contributed by atoms with Crippen molar-refractivity contribution in [1.29, 1.82) is 0 Å². The fraction of sp³-hybridized carbons (Fsp3) is 0.500. The Bertz CT molecular complexity index is 855. The van der Waals surface area contributed by atoms with Crippen LogP contribution in [0.4, 0.5) is 11.5 Å². The zero-order valence-electron chi connectivity index (χ0n) is 17.9. The molecule has 0 aliphatic carbocycles. The molecule has 0 atom stereocenters. The molecule has 6 nitrogen and oxygen atoms in total. The number of para-hydroxylation sites is 1. The van der Waals surface area contributed by atoms with Crippen molar-refractivity contribution in [3.05, 3.63) is 41.0 Å². The summed E-state index contributed by atoms with van der Waals surface area (Å²) in [6.07, 6.45) is 0.975. The Morgan fingerprint density at radius 1 is 1.17 bits per heavy atom. The molecule has 162 valence electrons. The van der Waals surface area contributed by atoms with Gasteiger partial charge in [0.2, 0.25) is 5.91 Å². The van der Waals surface area contributed by atoms with Gasteiger partial charge in [0.05, 0.1) is 5.75 Å². The SMILES string of the molecule is Cc1ccccc1N1CCN(c2cc(Cl)nc(SCC(=O)NCCC(C)C)n2)CC1. The van der Waals surface area contributed by atoms with Gasteiger partial charge in [-0.25, -0.2) is 9.97 Å². The fourth-order valence-electron chi connectivity index (χ4n) is 3.39. The first-order valence-corrected chi connectivity index (χ1v) is 11.8. The van der Waals surface area contributed by atoms with Gasteiger partial charge in [-0.05, 0) is 30.9 Å². The number of benzene rings is 1. The van der Waals surface area contributed by atoms with E-state index in [9.17, 15) is 4.79 Å². The lowest BCUT2D eigenvalue weighted by Crippen LogP contribution is -2.47. The van der Waals surface area contributed by atoms with Crippen molar-refractivity contribution in [3.8, 4) is 0 Å². The van der Waals surface area contributed by atoms with E-state index in [0.717, 1.165) is 38.4 Å². The highest BCUT2D eigenvalue weighted by molar-refractivity contribution is 7.99. The monoisotopic (exact) mass is 447 g/mol. The van der Waals surface area contributed by atoms with Gasteiger partial charge in [0.25, 0.3) is 0 Å². The van der Waals surface area contributed by atoms with Gasteiger partial charge in [0.15, 0.2) is 5.16 Å². The van der Waals surface area contributed by atoms with E-state index in [2.05, 4.69) is 70.1 Å². The summed E-state index contributed by atoms with van der Waals surface area (Å²) in [6, 6.07) is 10.3. The minimum atomic E-state index is -0.00220. The summed E-state index contributed by atoms with van der Waals surface area (Å²) in [7, 11) is 0. The molecule has 1 saturated heterocycles. The molecule has 1 fully saturated rings. The summed E-state index contributed by atoms with van der Waals surface area (Å²) in [5.74, 6) is 1.68. The number of piperazine rings is 1. The zero-order chi connectivity index (χ0) is 21.5. The van der Waals surface area contributed by atoms with Crippen LogP contribution in [0.1, 0.15) is 25.8 Å². The average molecular weight is 448 g/mol.